The van der Waals surface area contributed by atoms with Crippen molar-refractivity contribution in [2.45, 2.75) is 39.5 Å². The van der Waals surface area contributed by atoms with E-state index in [4.69, 9.17) is 4.74 Å². The van der Waals surface area contributed by atoms with Crippen molar-refractivity contribution in [1.29, 1.82) is 0 Å². The van der Waals surface area contributed by atoms with Crippen LogP contribution in [0.15, 0.2) is 0 Å². The van der Waals surface area contributed by atoms with Gasteiger partial charge >= 0.3 is 5.97 Å². The SMILES string of the molecule is CCOC(=O)[C@H](CC(=O)CC1CC1)C(C)=O. The van der Waals surface area contributed by atoms with E-state index in [9.17, 15) is 14.4 Å². The molecule has 16 heavy (non-hydrogen) atoms. The fourth-order valence-corrected chi connectivity index (χ4v) is 1.59. The molecular weight excluding hydrogens is 208 g/mol. The summed E-state index contributed by atoms with van der Waals surface area (Å²) in [5, 5.41) is 0. The molecule has 0 aromatic carbocycles. The summed E-state index contributed by atoms with van der Waals surface area (Å²) >= 11 is 0. The number of ketones is 2. The Bertz CT molecular complexity index is 291. The minimum atomic E-state index is -0.897. The quantitative estimate of drug-likeness (QED) is 0.487. The van der Waals surface area contributed by atoms with E-state index in [0.29, 0.717) is 12.3 Å². The summed E-state index contributed by atoms with van der Waals surface area (Å²) in [6.07, 6.45) is 2.69. The fourth-order valence-electron chi connectivity index (χ4n) is 1.59. The van der Waals surface area contributed by atoms with Gasteiger partial charge in [0, 0.05) is 12.8 Å². The first-order valence-corrected chi connectivity index (χ1v) is 5.73. The Kier molecular flexibility index (Phi) is 4.65. The largest absolute Gasteiger partial charge is 0.465 e. The molecule has 1 aliphatic carbocycles. The van der Waals surface area contributed by atoms with Crippen molar-refractivity contribution in [3.63, 3.8) is 0 Å². The Hall–Kier alpha value is -1.19. The molecule has 4 heteroatoms. The van der Waals surface area contributed by atoms with E-state index in [1.54, 1.807) is 6.92 Å². The zero-order chi connectivity index (χ0) is 12.1. The number of ether oxygens (including phenoxy) is 1. The maximum Gasteiger partial charge on any atom is 0.316 e. The number of carbonyl (C=O) groups is 3. The van der Waals surface area contributed by atoms with Crippen LogP contribution in [-0.2, 0) is 19.1 Å². The molecule has 0 radical (unpaired) electrons. The topological polar surface area (TPSA) is 60.4 Å². The van der Waals surface area contributed by atoms with Gasteiger partial charge in [0.1, 0.15) is 17.5 Å². The molecule has 0 amide bonds. The first-order valence-electron chi connectivity index (χ1n) is 5.73. The highest BCUT2D eigenvalue weighted by Crippen LogP contribution is 2.33. The zero-order valence-corrected chi connectivity index (χ0v) is 9.82. The summed E-state index contributed by atoms with van der Waals surface area (Å²) in [4.78, 5) is 34.2. The molecule has 0 aliphatic heterocycles. The summed E-state index contributed by atoms with van der Waals surface area (Å²) in [7, 11) is 0. The third-order valence-electron chi connectivity index (χ3n) is 2.71. The van der Waals surface area contributed by atoms with Crippen LogP contribution in [0.4, 0.5) is 0 Å². The van der Waals surface area contributed by atoms with E-state index in [-0.39, 0.29) is 24.6 Å². The maximum absolute atomic E-state index is 11.6. The summed E-state index contributed by atoms with van der Waals surface area (Å²) < 4.78 is 4.77. The average molecular weight is 226 g/mol. The molecule has 1 rings (SSSR count). The number of Topliss-reactive ketones (excluding diaryl/α,β-unsaturated/α-hetero) is 2. The number of hydrogen-bond donors (Lipinski definition) is 0. The van der Waals surface area contributed by atoms with Crippen LogP contribution in [0.1, 0.15) is 39.5 Å². The Morgan fingerprint density at radius 1 is 1.31 bits per heavy atom. The van der Waals surface area contributed by atoms with Gasteiger partial charge in [0.15, 0.2) is 0 Å². The van der Waals surface area contributed by atoms with Gasteiger partial charge in [-0.25, -0.2) is 0 Å². The predicted octanol–water partition coefficient (Wildman–Crippen LogP) is 1.51. The Morgan fingerprint density at radius 2 is 1.94 bits per heavy atom. The van der Waals surface area contributed by atoms with E-state index < -0.39 is 11.9 Å². The van der Waals surface area contributed by atoms with E-state index in [2.05, 4.69) is 0 Å². The molecule has 0 N–H and O–H groups in total. The van der Waals surface area contributed by atoms with Crippen molar-refractivity contribution in [1.82, 2.24) is 0 Å². The highest BCUT2D eigenvalue weighted by molar-refractivity contribution is 6.01. The second-order valence-electron chi connectivity index (χ2n) is 4.31. The lowest BCUT2D eigenvalue weighted by atomic mass is 9.96. The molecule has 0 bridgehead atoms. The van der Waals surface area contributed by atoms with Crippen LogP contribution in [0.25, 0.3) is 0 Å². The molecule has 0 saturated heterocycles. The van der Waals surface area contributed by atoms with E-state index >= 15 is 0 Å². The third-order valence-corrected chi connectivity index (χ3v) is 2.71. The van der Waals surface area contributed by atoms with Crippen molar-refractivity contribution in [3.8, 4) is 0 Å². The fraction of sp³-hybridized carbons (Fsp3) is 0.750. The number of carbonyl (C=O) groups excluding carboxylic acids is 3. The molecule has 0 heterocycles. The van der Waals surface area contributed by atoms with Crippen molar-refractivity contribution < 1.29 is 19.1 Å². The predicted molar refractivity (Wildman–Crippen MR) is 57.8 cm³/mol. The smallest absolute Gasteiger partial charge is 0.316 e. The summed E-state index contributed by atoms with van der Waals surface area (Å²) in [5.41, 5.74) is 0. The molecule has 90 valence electrons. The molecule has 1 saturated carbocycles. The summed E-state index contributed by atoms with van der Waals surface area (Å²) in [6.45, 7) is 3.24. The van der Waals surface area contributed by atoms with Crippen LogP contribution >= 0.6 is 0 Å². The number of esters is 1. The molecular formula is C12H18O4. The van der Waals surface area contributed by atoms with Crippen LogP contribution < -0.4 is 0 Å². The lowest BCUT2D eigenvalue weighted by molar-refractivity contribution is -0.152. The van der Waals surface area contributed by atoms with Gasteiger partial charge < -0.3 is 4.74 Å². The minimum Gasteiger partial charge on any atom is -0.465 e. The third kappa shape index (κ3) is 4.13. The molecule has 1 fully saturated rings. The zero-order valence-electron chi connectivity index (χ0n) is 9.82. The number of rotatable bonds is 7. The molecule has 0 spiro atoms. The average Bonchev–Trinajstić information content (AvgIpc) is 2.97. The molecule has 1 atom stereocenters. The molecule has 0 unspecified atom stereocenters. The highest BCUT2D eigenvalue weighted by Gasteiger charge is 2.30. The van der Waals surface area contributed by atoms with Crippen molar-refractivity contribution in [2.24, 2.45) is 11.8 Å². The molecule has 0 aromatic heterocycles. The van der Waals surface area contributed by atoms with Gasteiger partial charge in [0.05, 0.1) is 6.61 Å². The lowest BCUT2D eigenvalue weighted by Gasteiger charge is -2.11. The maximum atomic E-state index is 11.6. The van der Waals surface area contributed by atoms with Gasteiger partial charge in [-0.2, -0.15) is 0 Å². The van der Waals surface area contributed by atoms with Crippen LogP contribution in [0.2, 0.25) is 0 Å². The summed E-state index contributed by atoms with van der Waals surface area (Å²) in [5.74, 6) is -1.27. The van der Waals surface area contributed by atoms with Crippen LogP contribution in [0.3, 0.4) is 0 Å². The molecule has 4 nitrogen and oxygen atoms in total. The van der Waals surface area contributed by atoms with Gasteiger partial charge in [-0.1, -0.05) is 0 Å². The second kappa shape index (κ2) is 5.77. The van der Waals surface area contributed by atoms with Gasteiger partial charge in [-0.15, -0.1) is 0 Å². The van der Waals surface area contributed by atoms with E-state index in [1.807, 2.05) is 0 Å². The van der Waals surface area contributed by atoms with Gasteiger partial charge in [0.2, 0.25) is 0 Å². The highest BCUT2D eigenvalue weighted by atomic mass is 16.5. The Morgan fingerprint density at radius 3 is 2.38 bits per heavy atom. The van der Waals surface area contributed by atoms with Crippen LogP contribution in [0.5, 0.6) is 0 Å². The molecule has 1 aliphatic rings. The first kappa shape index (κ1) is 12.9. The second-order valence-corrected chi connectivity index (χ2v) is 4.31. The lowest BCUT2D eigenvalue weighted by Crippen LogP contribution is -2.27. The van der Waals surface area contributed by atoms with Crippen molar-refractivity contribution in [3.05, 3.63) is 0 Å². The minimum absolute atomic E-state index is 0.00393. The van der Waals surface area contributed by atoms with Gasteiger partial charge in [0.25, 0.3) is 0 Å². The van der Waals surface area contributed by atoms with Gasteiger partial charge in [-0.05, 0) is 32.6 Å². The molecule has 0 aromatic rings. The monoisotopic (exact) mass is 226 g/mol. The number of hydrogen-bond acceptors (Lipinski definition) is 4. The van der Waals surface area contributed by atoms with Gasteiger partial charge in [-0.3, -0.25) is 14.4 Å². The standard InChI is InChI=1S/C12H18O4/c1-3-16-12(15)11(8(2)13)7-10(14)6-9-4-5-9/h9,11H,3-7H2,1-2H3/t11-/m1/s1. The van der Waals surface area contributed by atoms with Crippen molar-refractivity contribution >= 4 is 17.5 Å². The van der Waals surface area contributed by atoms with Crippen LogP contribution in [-0.4, -0.2) is 24.1 Å². The van der Waals surface area contributed by atoms with Crippen molar-refractivity contribution in [2.75, 3.05) is 6.61 Å². The Labute approximate surface area is 95.3 Å². The van der Waals surface area contributed by atoms with E-state index in [0.717, 1.165) is 12.8 Å². The van der Waals surface area contributed by atoms with E-state index in [1.165, 1.54) is 6.92 Å². The normalized spacial score (nSPS) is 16.6. The first-order chi connectivity index (χ1) is 7.54. The van der Waals surface area contributed by atoms with Crippen LogP contribution in [0, 0.1) is 11.8 Å². The Balaban J connectivity index is 2.45. The summed E-state index contributed by atoms with van der Waals surface area (Å²) in [6, 6.07) is 0.